The quantitative estimate of drug-likeness (QED) is 0.576. The first kappa shape index (κ1) is 5.68. The summed E-state index contributed by atoms with van der Waals surface area (Å²) in [6, 6.07) is 4.99. The van der Waals surface area contributed by atoms with Crippen molar-refractivity contribution in [1.29, 1.82) is 0 Å². The van der Waals surface area contributed by atoms with E-state index in [0.717, 1.165) is 4.70 Å². The van der Waals surface area contributed by atoms with Crippen molar-refractivity contribution in [3.05, 3.63) is 34.0 Å². The molecule has 0 unspecified atom stereocenters. The van der Waals surface area contributed by atoms with E-state index in [4.69, 9.17) is 4.42 Å². The van der Waals surface area contributed by atoms with Gasteiger partial charge in [0, 0.05) is 6.07 Å². The zero-order chi connectivity index (χ0) is 6.97. The molecule has 0 fully saturated rings. The van der Waals surface area contributed by atoms with Gasteiger partial charge >= 0.3 is 5.63 Å². The second-order valence-corrected chi connectivity index (χ2v) is 2.85. The zero-order valence-electron chi connectivity index (χ0n) is 5.03. The van der Waals surface area contributed by atoms with Gasteiger partial charge in [0.1, 0.15) is 5.58 Å². The van der Waals surface area contributed by atoms with Crippen LogP contribution in [0.25, 0.3) is 10.3 Å². The highest BCUT2D eigenvalue weighted by Gasteiger charge is 1.94. The zero-order valence-corrected chi connectivity index (χ0v) is 5.85. The van der Waals surface area contributed by atoms with Gasteiger partial charge in [-0.25, -0.2) is 4.79 Å². The molecule has 0 aliphatic heterocycles. The van der Waals surface area contributed by atoms with Crippen molar-refractivity contribution in [1.82, 2.24) is 0 Å². The van der Waals surface area contributed by atoms with Gasteiger partial charge in [-0.3, -0.25) is 0 Å². The van der Waals surface area contributed by atoms with Crippen LogP contribution < -0.4 is 5.63 Å². The first-order chi connectivity index (χ1) is 4.86. The first-order valence-corrected chi connectivity index (χ1v) is 3.71. The lowest BCUT2D eigenvalue weighted by Gasteiger charge is -1.82. The molecule has 3 heteroatoms. The van der Waals surface area contributed by atoms with E-state index in [1.807, 2.05) is 5.38 Å². The molecule has 2 aromatic rings. The highest BCUT2D eigenvalue weighted by atomic mass is 32.1. The predicted molar refractivity (Wildman–Crippen MR) is 40.4 cm³/mol. The lowest BCUT2D eigenvalue weighted by atomic mass is 10.4. The second-order valence-electron chi connectivity index (χ2n) is 1.90. The van der Waals surface area contributed by atoms with Gasteiger partial charge in [-0.2, -0.15) is 0 Å². The van der Waals surface area contributed by atoms with Gasteiger partial charge in [0.05, 0.1) is 4.70 Å². The highest BCUT2D eigenvalue weighted by molar-refractivity contribution is 7.17. The Kier molecular flexibility index (Phi) is 1.11. The normalized spacial score (nSPS) is 10.4. The average Bonchev–Trinajstić information content (AvgIpc) is 2.33. The van der Waals surface area contributed by atoms with Gasteiger partial charge in [0.2, 0.25) is 0 Å². The van der Waals surface area contributed by atoms with Crippen molar-refractivity contribution in [3.8, 4) is 0 Å². The van der Waals surface area contributed by atoms with E-state index < -0.39 is 0 Å². The van der Waals surface area contributed by atoms with Crippen molar-refractivity contribution < 1.29 is 4.42 Å². The molecule has 2 aromatic heterocycles. The Hall–Kier alpha value is -1.09. The van der Waals surface area contributed by atoms with Crippen LogP contribution in [0.5, 0.6) is 0 Å². The molecule has 2 heterocycles. The van der Waals surface area contributed by atoms with Crippen LogP contribution in [0.1, 0.15) is 0 Å². The van der Waals surface area contributed by atoms with Gasteiger partial charge in [-0.1, -0.05) is 0 Å². The Morgan fingerprint density at radius 3 is 3.10 bits per heavy atom. The van der Waals surface area contributed by atoms with Crippen molar-refractivity contribution in [2.24, 2.45) is 0 Å². The van der Waals surface area contributed by atoms with Crippen molar-refractivity contribution >= 4 is 21.6 Å². The fourth-order valence-corrected chi connectivity index (χ4v) is 1.51. The minimum absolute atomic E-state index is 0.286. The van der Waals surface area contributed by atoms with Gasteiger partial charge < -0.3 is 4.42 Å². The Morgan fingerprint density at radius 1 is 1.30 bits per heavy atom. The van der Waals surface area contributed by atoms with E-state index in [-0.39, 0.29) is 5.63 Å². The molecule has 2 rings (SSSR count). The lowest BCUT2D eigenvalue weighted by Crippen LogP contribution is -1.91. The third-order valence-corrected chi connectivity index (χ3v) is 2.10. The van der Waals surface area contributed by atoms with Gasteiger partial charge in [0.15, 0.2) is 0 Å². The third-order valence-electron chi connectivity index (χ3n) is 1.24. The number of thiophene rings is 1. The van der Waals surface area contributed by atoms with E-state index >= 15 is 0 Å². The van der Waals surface area contributed by atoms with E-state index in [2.05, 4.69) is 0 Å². The summed E-state index contributed by atoms with van der Waals surface area (Å²) in [5.41, 5.74) is 0.392. The minimum Gasteiger partial charge on any atom is -0.422 e. The van der Waals surface area contributed by atoms with Crippen LogP contribution in [-0.2, 0) is 0 Å². The Balaban J connectivity index is 2.99. The van der Waals surface area contributed by atoms with Crippen LogP contribution in [0.4, 0.5) is 0 Å². The fraction of sp³-hybridized carbons (Fsp3) is 0. The van der Waals surface area contributed by atoms with E-state index in [1.165, 1.54) is 6.07 Å². The number of hydrogen-bond donors (Lipinski definition) is 0. The van der Waals surface area contributed by atoms with Gasteiger partial charge in [-0.15, -0.1) is 11.3 Å². The molecule has 0 radical (unpaired) electrons. The van der Waals surface area contributed by atoms with Crippen LogP contribution in [0.2, 0.25) is 0 Å². The molecule has 0 spiro atoms. The smallest absolute Gasteiger partial charge is 0.336 e. The fourth-order valence-electron chi connectivity index (χ4n) is 0.801. The Morgan fingerprint density at radius 2 is 2.20 bits per heavy atom. The SMILES string of the molecule is O=c1ccc2sccc2o1. The van der Waals surface area contributed by atoms with Crippen LogP contribution in [0, 0.1) is 0 Å². The first-order valence-electron chi connectivity index (χ1n) is 2.83. The minimum atomic E-state index is -0.286. The highest BCUT2D eigenvalue weighted by Crippen LogP contribution is 2.17. The van der Waals surface area contributed by atoms with Crippen molar-refractivity contribution in [3.63, 3.8) is 0 Å². The molecule has 0 N–H and O–H groups in total. The summed E-state index contributed by atoms with van der Waals surface area (Å²) in [7, 11) is 0. The molecule has 0 atom stereocenters. The largest absolute Gasteiger partial charge is 0.422 e. The summed E-state index contributed by atoms with van der Waals surface area (Å²) < 4.78 is 5.87. The third kappa shape index (κ3) is 0.752. The van der Waals surface area contributed by atoms with Gasteiger partial charge in [0.25, 0.3) is 0 Å². The van der Waals surface area contributed by atoms with E-state index in [1.54, 1.807) is 23.5 Å². The average molecular weight is 152 g/mol. The topological polar surface area (TPSA) is 30.2 Å². The maximum atomic E-state index is 10.6. The molecule has 10 heavy (non-hydrogen) atoms. The van der Waals surface area contributed by atoms with Crippen LogP contribution in [-0.4, -0.2) is 0 Å². The van der Waals surface area contributed by atoms with Crippen molar-refractivity contribution in [2.75, 3.05) is 0 Å². The van der Waals surface area contributed by atoms with Crippen LogP contribution in [0.3, 0.4) is 0 Å². The monoisotopic (exact) mass is 152 g/mol. The second kappa shape index (κ2) is 1.95. The molecule has 0 amide bonds. The molecule has 0 saturated carbocycles. The molecular formula is C7H4O2S. The summed E-state index contributed by atoms with van der Waals surface area (Å²) in [4.78, 5) is 10.6. The maximum Gasteiger partial charge on any atom is 0.336 e. The molecule has 0 bridgehead atoms. The Bertz CT molecular complexity index is 399. The molecule has 2 nitrogen and oxygen atoms in total. The number of fused-ring (bicyclic) bond motifs is 1. The summed E-state index contributed by atoms with van der Waals surface area (Å²) in [6.45, 7) is 0. The molecular weight excluding hydrogens is 148 g/mol. The summed E-state index contributed by atoms with van der Waals surface area (Å²) >= 11 is 1.56. The van der Waals surface area contributed by atoms with Gasteiger partial charge in [-0.05, 0) is 17.5 Å². The van der Waals surface area contributed by atoms with E-state index in [0.29, 0.717) is 5.58 Å². The van der Waals surface area contributed by atoms with Crippen LogP contribution >= 0.6 is 11.3 Å². The maximum absolute atomic E-state index is 10.6. The number of rotatable bonds is 0. The Labute approximate surface area is 60.7 Å². The van der Waals surface area contributed by atoms with E-state index in [9.17, 15) is 4.79 Å². The summed E-state index contributed by atoms with van der Waals surface area (Å²) in [6.07, 6.45) is 0. The molecule has 0 saturated heterocycles. The molecule has 0 aliphatic carbocycles. The number of hydrogen-bond acceptors (Lipinski definition) is 3. The van der Waals surface area contributed by atoms with Crippen LogP contribution in [0.15, 0.2) is 32.8 Å². The summed E-state index contributed by atoms with van der Waals surface area (Å²) in [5.74, 6) is 0. The molecule has 50 valence electrons. The molecule has 0 aliphatic rings. The molecule has 0 aromatic carbocycles. The summed E-state index contributed by atoms with van der Waals surface area (Å²) in [5, 5.41) is 1.90. The predicted octanol–water partition coefficient (Wildman–Crippen LogP) is 1.85. The van der Waals surface area contributed by atoms with Crippen molar-refractivity contribution in [2.45, 2.75) is 0 Å². The lowest BCUT2D eigenvalue weighted by molar-refractivity contribution is 0.562. The standard InChI is InChI=1S/C7H4O2S/c8-7-2-1-6-5(9-7)3-4-10-6/h1-4H.